The van der Waals surface area contributed by atoms with Crippen LogP contribution in [0.4, 0.5) is 8.78 Å². The van der Waals surface area contributed by atoms with Gasteiger partial charge in [-0.2, -0.15) is 13.3 Å². The van der Waals surface area contributed by atoms with Crippen LogP contribution in [0.3, 0.4) is 0 Å². The molecular weight excluding hydrogens is 265 g/mol. The van der Waals surface area contributed by atoms with Crippen molar-refractivity contribution in [2.45, 2.75) is 4.90 Å². The summed E-state index contributed by atoms with van der Waals surface area (Å²) in [5.41, 5.74) is 0. The molecule has 0 saturated carbocycles. The van der Waals surface area contributed by atoms with E-state index in [4.69, 9.17) is 4.89 Å². The number of hydrogen-bond donors (Lipinski definition) is 1. The van der Waals surface area contributed by atoms with Gasteiger partial charge in [-0.15, -0.1) is 0 Å². The first-order chi connectivity index (χ1) is 7.33. The van der Waals surface area contributed by atoms with E-state index in [0.717, 1.165) is 6.07 Å². The van der Waals surface area contributed by atoms with Crippen LogP contribution in [0.15, 0.2) is 23.1 Å². The van der Waals surface area contributed by atoms with E-state index >= 15 is 0 Å². The zero-order chi connectivity index (χ0) is 12.3. The zero-order valence-electron chi connectivity index (χ0n) is 7.63. The van der Waals surface area contributed by atoms with Crippen molar-refractivity contribution in [3.8, 4) is 0 Å². The van der Waals surface area contributed by atoms with Gasteiger partial charge in [-0.3, -0.25) is 0 Å². The Bertz CT molecular complexity index is 516. The van der Waals surface area contributed by atoms with Gasteiger partial charge in [-0.1, -0.05) is 0 Å². The molecule has 0 heterocycles. The average Bonchev–Trinajstić information content (AvgIpc) is 2.19. The number of halogens is 2. The lowest BCUT2D eigenvalue weighted by Crippen LogP contribution is -2.08. The summed E-state index contributed by atoms with van der Waals surface area (Å²) in [5.74, 6) is -2.16. The third-order valence-electron chi connectivity index (χ3n) is 1.48. The molecule has 0 fully saturated rings. The summed E-state index contributed by atoms with van der Waals surface area (Å²) in [6.45, 7) is 0. The van der Waals surface area contributed by atoms with E-state index in [-0.39, 0.29) is 0 Å². The molecule has 1 aromatic carbocycles. The molecule has 0 bridgehead atoms. The fourth-order valence-corrected chi connectivity index (χ4v) is 2.45. The van der Waals surface area contributed by atoms with Crippen LogP contribution in [-0.4, -0.2) is 19.7 Å². The van der Waals surface area contributed by atoms with Gasteiger partial charge in [0.25, 0.3) is 6.35 Å². The number of rotatable bonds is 4. The van der Waals surface area contributed by atoms with Crippen LogP contribution in [0.25, 0.3) is 0 Å². The second-order valence-electron chi connectivity index (χ2n) is 2.63. The number of hydrogen-bond acceptors (Lipinski definition) is 4. The molecular formula is C7H6F2O5PS+. The molecule has 9 heteroatoms. The van der Waals surface area contributed by atoms with Crippen LogP contribution in [0.5, 0.6) is 0 Å². The van der Waals surface area contributed by atoms with Crippen LogP contribution in [0, 0.1) is 11.6 Å². The average molecular weight is 271 g/mol. The first-order valence-corrected chi connectivity index (χ1v) is 6.61. The smallest absolute Gasteiger partial charge is 0.213 e. The molecule has 1 unspecified atom stereocenters. The van der Waals surface area contributed by atoms with E-state index in [9.17, 15) is 21.8 Å². The summed E-state index contributed by atoms with van der Waals surface area (Å²) in [4.78, 5) is 7.33. The molecule has 0 aliphatic heterocycles. The standard InChI is InChI=1S/C7H5F2O5PS/c8-5-1-2-6(9)7(3-5)16(12,13)14-4-15(10)11/h1-3H,4H2/p+1. The third kappa shape index (κ3) is 3.28. The lowest BCUT2D eigenvalue weighted by Gasteiger charge is -2.02. The maximum absolute atomic E-state index is 13.0. The van der Waals surface area contributed by atoms with Gasteiger partial charge in [0.2, 0.25) is 0 Å². The van der Waals surface area contributed by atoms with E-state index in [2.05, 4.69) is 4.18 Å². The minimum atomic E-state index is -4.57. The van der Waals surface area contributed by atoms with Crippen molar-refractivity contribution in [3.05, 3.63) is 29.8 Å². The highest BCUT2D eigenvalue weighted by atomic mass is 32.2. The van der Waals surface area contributed by atoms with E-state index in [0.29, 0.717) is 12.1 Å². The van der Waals surface area contributed by atoms with Gasteiger partial charge in [0.1, 0.15) is 16.5 Å². The fraction of sp³-hybridized carbons (Fsp3) is 0.143. The monoisotopic (exact) mass is 271 g/mol. The van der Waals surface area contributed by atoms with E-state index in [1.165, 1.54) is 0 Å². The Hall–Kier alpha value is -0.950. The highest BCUT2D eigenvalue weighted by Gasteiger charge is 2.25. The van der Waals surface area contributed by atoms with Gasteiger partial charge in [0, 0.05) is 0 Å². The first-order valence-electron chi connectivity index (χ1n) is 3.81. The van der Waals surface area contributed by atoms with Gasteiger partial charge in [-0.05, 0) is 22.8 Å². The topological polar surface area (TPSA) is 80.7 Å². The van der Waals surface area contributed by atoms with Crippen LogP contribution in [0.1, 0.15) is 0 Å². The molecule has 1 rings (SSSR count). The van der Waals surface area contributed by atoms with Crippen molar-refractivity contribution < 1.29 is 30.8 Å². The molecule has 1 N–H and O–H groups in total. The van der Waals surface area contributed by atoms with Crippen molar-refractivity contribution in [2.75, 3.05) is 6.35 Å². The Morgan fingerprint density at radius 1 is 1.38 bits per heavy atom. The molecule has 0 radical (unpaired) electrons. The van der Waals surface area contributed by atoms with Gasteiger partial charge >= 0.3 is 18.1 Å². The molecule has 88 valence electrons. The predicted octanol–water partition coefficient (Wildman–Crippen LogP) is 1.36. The van der Waals surface area contributed by atoms with Gasteiger partial charge in [-0.25, -0.2) is 13.0 Å². The number of benzene rings is 1. The summed E-state index contributed by atoms with van der Waals surface area (Å²) < 4.78 is 62.5. The largest absolute Gasteiger partial charge is 0.535 e. The highest BCUT2D eigenvalue weighted by Crippen LogP contribution is 2.21. The summed E-state index contributed by atoms with van der Waals surface area (Å²) in [5, 5.41) is 0. The van der Waals surface area contributed by atoms with Crippen LogP contribution in [0.2, 0.25) is 0 Å². The Morgan fingerprint density at radius 2 is 2.00 bits per heavy atom. The summed E-state index contributed by atoms with van der Waals surface area (Å²) in [6, 6.07) is 1.78. The van der Waals surface area contributed by atoms with E-state index < -0.39 is 41.0 Å². The molecule has 0 aliphatic carbocycles. The lowest BCUT2D eigenvalue weighted by molar-refractivity contribution is 0.352. The molecule has 0 aliphatic rings. The normalized spacial score (nSPS) is 12.6. The molecule has 5 nitrogen and oxygen atoms in total. The lowest BCUT2D eigenvalue weighted by atomic mass is 10.3. The third-order valence-corrected chi connectivity index (χ3v) is 3.29. The van der Waals surface area contributed by atoms with Gasteiger partial charge in [0.05, 0.1) is 0 Å². The first kappa shape index (κ1) is 13.1. The Kier molecular flexibility index (Phi) is 4.03. The molecule has 1 atom stereocenters. The van der Waals surface area contributed by atoms with Crippen LogP contribution < -0.4 is 0 Å². The van der Waals surface area contributed by atoms with Crippen molar-refractivity contribution >= 4 is 18.1 Å². The quantitative estimate of drug-likeness (QED) is 0.660. The SMILES string of the molecule is O=[P+](O)COS(=O)(=O)c1cc(F)ccc1F. The molecule has 0 aromatic heterocycles. The highest BCUT2D eigenvalue weighted by molar-refractivity contribution is 7.87. The summed E-state index contributed by atoms with van der Waals surface area (Å²) in [6.07, 6.45) is -1.01. The van der Waals surface area contributed by atoms with Crippen LogP contribution in [-0.2, 0) is 18.9 Å². The predicted molar refractivity (Wildman–Crippen MR) is 49.3 cm³/mol. The molecule has 1 aromatic rings. The summed E-state index contributed by atoms with van der Waals surface area (Å²) >= 11 is 0. The molecule has 0 spiro atoms. The second-order valence-corrected chi connectivity index (χ2v) is 5.17. The molecule has 0 amide bonds. The van der Waals surface area contributed by atoms with Gasteiger partial charge in [0.15, 0.2) is 0 Å². The maximum atomic E-state index is 13.0. The van der Waals surface area contributed by atoms with Crippen molar-refractivity contribution in [2.24, 2.45) is 0 Å². The Morgan fingerprint density at radius 3 is 2.56 bits per heavy atom. The summed E-state index contributed by atoms with van der Waals surface area (Å²) in [7, 11) is -7.41. The van der Waals surface area contributed by atoms with Gasteiger partial charge < -0.3 is 0 Å². The fourth-order valence-electron chi connectivity index (χ4n) is 0.847. The molecule has 0 saturated heterocycles. The maximum Gasteiger partial charge on any atom is 0.535 e. The van der Waals surface area contributed by atoms with E-state index in [1.807, 2.05) is 0 Å². The van der Waals surface area contributed by atoms with Crippen molar-refractivity contribution in [3.63, 3.8) is 0 Å². The van der Waals surface area contributed by atoms with Crippen molar-refractivity contribution in [1.82, 2.24) is 0 Å². The van der Waals surface area contributed by atoms with Crippen LogP contribution >= 0.6 is 8.03 Å². The molecule has 16 heavy (non-hydrogen) atoms. The second kappa shape index (κ2) is 4.92. The minimum absolute atomic E-state index is 0.426. The van der Waals surface area contributed by atoms with Crippen molar-refractivity contribution in [1.29, 1.82) is 0 Å². The Balaban J connectivity index is 3.07. The minimum Gasteiger partial charge on any atom is -0.213 e. The Labute approximate surface area is 90.7 Å². The van der Waals surface area contributed by atoms with E-state index in [1.54, 1.807) is 0 Å². The zero-order valence-corrected chi connectivity index (χ0v) is 9.34.